The highest BCUT2D eigenvalue weighted by Crippen LogP contribution is 2.25. The summed E-state index contributed by atoms with van der Waals surface area (Å²) in [7, 11) is 3.37. The summed E-state index contributed by atoms with van der Waals surface area (Å²) in [5.74, 6) is 0.619. The number of nitrogens with one attached hydrogen (secondary N) is 2. The van der Waals surface area contributed by atoms with Crippen molar-refractivity contribution in [2.45, 2.75) is 6.92 Å². The molecule has 0 saturated carbocycles. The lowest BCUT2D eigenvalue weighted by Crippen LogP contribution is -2.05. The van der Waals surface area contributed by atoms with Crippen LogP contribution in [0.5, 0.6) is 5.75 Å². The second kappa shape index (κ2) is 5.56. The van der Waals surface area contributed by atoms with E-state index in [-0.39, 0.29) is 0 Å². The van der Waals surface area contributed by atoms with Gasteiger partial charge in [-0.05, 0) is 30.7 Å². The molecule has 0 bridgehead atoms. The lowest BCUT2D eigenvalue weighted by atomic mass is 10.0. The van der Waals surface area contributed by atoms with Gasteiger partial charge in [-0.15, -0.1) is 0 Å². The summed E-state index contributed by atoms with van der Waals surface area (Å²) in [6, 6.07) is 5.31. The minimum absolute atomic E-state index is 0.443. The normalized spacial score (nSPS) is 11.1. The SMILES string of the molecule is CN/C=C(/C)C(=N)c1ccc(OC)c(Cl)c1. The summed E-state index contributed by atoms with van der Waals surface area (Å²) in [5, 5.41) is 11.4. The van der Waals surface area contributed by atoms with Gasteiger partial charge in [0.1, 0.15) is 5.75 Å². The van der Waals surface area contributed by atoms with Crippen LogP contribution in [-0.2, 0) is 0 Å². The Bertz CT molecular complexity index is 427. The second-order valence-electron chi connectivity index (χ2n) is 3.34. The molecule has 0 aromatic heterocycles. The molecule has 0 radical (unpaired) electrons. The van der Waals surface area contributed by atoms with Crippen molar-refractivity contribution >= 4 is 17.3 Å². The molecule has 4 heteroatoms. The summed E-state index contributed by atoms with van der Waals surface area (Å²) < 4.78 is 5.06. The highest BCUT2D eigenvalue weighted by Gasteiger charge is 2.07. The number of ether oxygens (including phenoxy) is 1. The molecule has 2 N–H and O–H groups in total. The molecule has 0 aliphatic heterocycles. The fraction of sp³-hybridized carbons (Fsp3) is 0.250. The van der Waals surface area contributed by atoms with Crippen molar-refractivity contribution in [1.29, 1.82) is 5.41 Å². The molecule has 1 aromatic carbocycles. The molecule has 0 spiro atoms. The van der Waals surface area contributed by atoms with Crippen molar-refractivity contribution < 1.29 is 4.74 Å². The first-order chi connectivity index (χ1) is 7.60. The molecule has 0 fully saturated rings. The van der Waals surface area contributed by atoms with Gasteiger partial charge in [0, 0.05) is 18.8 Å². The molecule has 3 nitrogen and oxygen atoms in total. The van der Waals surface area contributed by atoms with E-state index < -0.39 is 0 Å². The molecule has 0 aliphatic carbocycles. The van der Waals surface area contributed by atoms with E-state index in [1.165, 1.54) is 0 Å². The molecule has 0 atom stereocenters. The predicted octanol–water partition coefficient (Wildman–Crippen LogP) is 2.84. The van der Waals surface area contributed by atoms with Crippen LogP contribution in [0.2, 0.25) is 5.02 Å². The minimum atomic E-state index is 0.443. The third kappa shape index (κ3) is 2.76. The fourth-order valence-electron chi connectivity index (χ4n) is 1.34. The van der Waals surface area contributed by atoms with E-state index in [4.69, 9.17) is 21.7 Å². The number of halogens is 1. The summed E-state index contributed by atoms with van der Waals surface area (Å²) in [6.45, 7) is 1.87. The number of rotatable bonds is 4. The van der Waals surface area contributed by atoms with E-state index in [1.54, 1.807) is 32.5 Å². The van der Waals surface area contributed by atoms with Gasteiger partial charge in [-0.2, -0.15) is 0 Å². The summed E-state index contributed by atoms with van der Waals surface area (Å²) in [6.07, 6.45) is 1.78. The Kier molecular flexibility index (Phi) is 4.38. The Morgan fingerprint density at radius 3 is 2.69 bits per heavy atom. The van der Waals surface area contributed by atoms with E-state index in [2.05, 4.69) is 5.32 Å². The molecular formula is C12H15ClN2O. The average Bonchev–Trinajstić information content (AvgIpc) is 2.28. The summed E-state index contributed by atoms with van der Waals surface area (Å²) in [5.41, 5.74) is 2.07. The maximum absolute atomic E-state index is 7.96. The van der Waals surface area contributed by atoms with Crippen molar-refractivity contribution in [2.75, 3.05) is 14.2 Å². The first kappa shape index (κ1) is 12.6. The summed E-state index contributed by atoms with van der Waals surface area (Å²) >= 11 is 6.00. The number of hydrogen-bond acceptors (Lipinski definition) is 3. The van der Waals surface area contributed by atoms with Gasteiger partial charge >= 0.3 is 0 Å². The lowest BCUT2D eigenvalue weighted by Gasteiger charge is -2.08. The van der Waals surface area contributed by atoms with Gasteiger partial charge in [-0.3, -0.25) is 5.41 Å². The van der Waals surface area contributed by atoms with Crippen LogP contribution < -0.4 is 10.1 Å². The van der Waals surface area contributed by atoms with Crippen LogP contribution in [0, 0.1) is 5.41 Å². The standard InChI is InChI=1S/C12H15ClN2O/c1-8(7-15-2)12(14)9-4-5-11(16-3)10(13)6-9/h4-7,14-15H,1-3H3/b8-7-,14-12?. The van der Waals surface area contributed by atoms with E-state index in [0.717, 1.165) is 11.1 Å². The predicted molar refractivity (Wildman–Crippen MR) is 67.6 cm³/mol. The third-order valence-corrected chi connectivity index (χ3v) is 2.49. The minimum Gasteiger partial charge on any atom is -0.495 e. The van der Waals surface area contributed by atoms with Crippen molar-refractivity contribution in [3.63, 3.8) is 0 Å². The van der Waals surface area contributed by atoms with E-state index in [1.807, 2.05) is 13.0 Å². The number of methoxy groups -OCH3 is 1. The van der Waals surface area contributed by atoms with Gasteiger partial charge < -0.3 is 10.1 Å². The smallest absolute Gasteiger partial charge is 0.137 e. The Morgan fingerprint density at radius 1 is 1.50 bits per heavy atom. The molecular weight excluding hydrogens is 224 g/mol. The monoisotopic (exact) mass is 238 g/mol. The number of benzene rings is 1. The molecule has 0 unspecified atom stereocenters. The Balaban J connectivity index is 3.02. The fourth-order valence-corrected chi connectivity index (χ4v) is 1.60. The average molecular weight is 239 g/mol. The first-order valence-electron chi connectivity index (χ1n) is 4.87. The van der Waals surface area contributed by atoms with E-state index >= 15 is 0 Å². The Labute approximate surface area is 101 Å². The van der Waals surface area contributed by atoms with Gasteiger partial charge in [0.2, 0.25) is 0 Å². The molecule has 0 saturated heterocycles. The van der Waals surface area contributed by atoms with Gasteiger partial charge in [0.25, 0.3) is 0 Å². The van der Waals surface area contributed by atoms with Crippen molar-refractivity contribution in [2.24, 2.45) is 0 Å². The van der Waals surface area contributed by atoms with Crippen LogP contribution in [0.4, 0.5) is 0 Å². The molecule has 86 valence electrons. The van der Waals surface area contributed by atoms with Crippen LogP contribution in [0.1, 0.15) is 12.5 Å². The zero-order valence-electron chi connectivity index (χ0n) is 9.60. The molecule has 0 heterocycles. The maximum atomic E-state index is 7.96. The van der Waals surface area contributed by atoms with Gasteiger partial charge in [-0.25, -0.2) is 0 Å². The maximum Gasteiger partial charge on any atom is 0.137 e. The van der Waals surface area contributed by atoms with Gasteiger partial charge in [0.05, 0.1) is 17.8 Å². The van der Waals surface area contributed by atoms with Crippen LogP contribution in [-0.4, -0.2) is 19.9 Å². The highest BCUT2D eigenvalue weighted by atomic mass is 35.5. The van der Waals surface area contributed by atoms with Crippen molar-refractivity contribution in [3.05, 3.63) is 40.6 Å². The van der Waals surface area contributed by atoms with Gasteiger partial charge in [-0.1, -0.05) is 11.6 Å². The van der Waals surface area contributed by atoms with Crippen molar-refractivity contribution in [1.82, 2.24) is 5.32 Å². The second-order valence-corrected chi connectivity index (χ2v) is 3.75. The van der Waals surface area contributed by atoms with E-state index in [9.17, 15) is 0 Å². The van der Waals surface area contributed by atoms with Crippen LogP contribution >= 0.6 is 11.6 Å². The zero-order chi connectivity index (χ0) is 12.1. The van der Waals surface area contributed by atoms with E-state index in [0.29, 0.717) is 16.5 Å². The van der Waals surface area contributed by atoms with Gasteiger partial charge in [0.15, 0.2) is 0 Å². The quantitative estimate of drug-likeness (QED) is 0.793. The first-order valence-corrected chi connectivity index (χ1v) is 5.24. The Morgan fingerprint density at radius 2 is 2.19 bits per heavy atom. The number of allylic oxidation sites excluding steroid dienone is 1. The Hall–Kier alpha value is -1.48. The highest BCUT2D eigenvalue weighted by molar-refractivity contribution is 6.32. The summed E-state index contributed by atoms with van der Waals surface area (Å²) in [4.78, 5) is 0. The largest absolute Gasteiger partial charge is 0.495 e. The molecule has 0 aliphatic rings. The molecule has 1 aromatic rings. The molecule has 0 amide bonds. The van der Waals surface area contributed by atoms with Crippen LogP contribution in [0.25, 0.3) is 0 Å². The number of hydrogen-bond donors (Lipinski definition) is 2. The lowest BCUT2D eigenvalue weighted by molar-refractivity contribution is 0.415. The topological polar surface area (TPSA) is 45.1 Å². The van der Waals surface area contributed by atoms with Crippen LogP contribution in [0.3, 0.4) is 0 Å². The molecule has 1 rings (SSSR count). The third-order valence-electron chi connectivity index (χ3n) is 2.20. The zero-order valence-corrected chi connectivity index (χ0v) is 10.4. The van der Waals surface area contributed by atoms with Crippen molar-refractivity contribution in [3.8, 4) is 5.75 Å². The van der Waals surface area contributed by atoms with Crippen LogP contribution in [0.15, 0.2) is 30.0 Å². The molecule has 16 heavy (non-hydrogen) atoms.